The third-order valence-corrected chi connectivity index (χ3v) is 4.32. The molecule has 2 aromatic carbocycles. The van der Waals surface area contributed by atoms with Gasteiger partial charge in [0.15, 0.2) is 0 Å². The molecule has 0 nitrogen and oxygen atoms in total. The zero-order chi connectivity index (χ0) is 12.8. The summed E-state index contributed by atoms with van der Waals surface area (Å²) in [5.41, 5.74) is 2.29. The zero-order valence-corrected chi connectivity index (χ0v) is 11.8. The number of hydrogen-bond donors (Lipinski definition) is 0. The molecule has 0 fully saturated rings. The van der Waals surface area contributed by atoms with Gasteiger partial charge in [-0.25, -0.2) is 0 Å². The first kappa shape index (κ1) is 13.3. The van der Waals surface area contributed by atoms with Crippen LogP contribution in [0.4, 0.5) is 0 Å². The van der Waals surface area contributed by atoms with Crippen molar-refractivity contribution in [1.29, 1.82) is 0 Å². The molecule has 0 amide bonds. The zero-order valence-electron chi connectivity index (χ0n) is 10.3. The Morgan fingerprint density at radius 2 is 1.50 bits per heavy atom. The van der Waals surface area contributed by atoms with Crippen molar-refractivity contribution in [2.45, 2.75) is 11.8 Å². The van der Waals surface area contributed by atoms with E-state index in [1.807, 2.05) is 48.2 Å². The van der Waals surface area contributed by atoms with Crippen molar-refractivity contribution in [3.8, 4) is 0 Å². The van der Waals surface area contributed by atoms with Crippen molar-refractivity contribution >= 4 is 28.4 Å². The summed E-state index contributed by atoms with van der Waals surface area (Å²) in [5.74, 6) is 0.914. The lowest BCUT2D eigenvalue weighted by Gasteiger charge is -2.06. The Bertz CT molecular complexity index is 517. The Labute approximate surface area is 118 Å². The van der Waals surface area contributed by atoms with Gasteiger partial charge < -0.3 is 0 Å². The molecular formula is C16H15ClS. The van der Waals surface area contributed by atoms with Gasteiger partial charge >= 0.3 is 0 Å². The van der Waals surface area contributed by atoms with Gasteiger partial charge in [0.1, 0.15) is 0 Å². The van der Waals surface area contributed by atoms with E-state index in [1.54, 1.807) is 0 Å². The van der Waals surface area contributed by atoms with Gasteiger partial charge in [-0.15, -0.1) is 11.8 Å². The van der Waals surface area contributed by atoms with Gasteiger partial charge in [-0.2, -0.15) is 0 Å². The van der Waals surface area contributed by atoms with E-state index < -0.39 is 0 Å². The van der Waals surface area contributed by atoms with E-state index in [2.05, 4.69) is 31.2 Å². The molecule has 0 aliphatic rings. The summed E-state index contributed by atoms with van der Waals surface area (Å²) < 4.78 is 0. The van der Waals surface area contributed by atoms with Crippen LogP contribution in [0, 0.1) is 0 Å². The van der Waals surface area contributed by atoms with E-state index in [0.29, 0.717) is 0 Å². The van der Waals surface area contributed by atoms with Crippen LogP contribution in [0.1, 0.15) is 12.5 Å². The molecule has 0 aromatic heterocycles. The van der Waals surface area contributed by atoms with E-state index >= 15 is 0 Å². The van der Waals surface area contributed by atoms with Crippen LogP contribution in [0.15, 0.2) is 71.1 Å². The van der Waals surface area contributed by atoms with Gasteiger partial charge in [-0.3, -0.25) is 0 Å². The molecule has 0 heterocycles. The fourth-order valence-electron chi connectivity index (χ4n) is 1.60. The normalized spacial score (nSPS) is 12.1. The highest BCUT2D eigenvalue weighted by molar-refractivity contribution is 7.99. The predicted octanol–water partition coefficient (Wildman–Crippen LogP) is 5.45. The summed E-state index contributed by atoms with van der Waals surface area (Å²) in [6.07, 6.45) is 0. The molecule has 92 valence electrons. The molecule has 0 aliphatic heterocycles. The highest BCUT2D eigenvalue weighted by atomic mass is 35.5. The van der Waals surface area contributed by atoms with Gasteiger partial charge in [0.2, 0.25) is 0 Å². The summed E-state index contributed by atoms with van der Waals surface area (Å²) in [5, 5.41) is 0.860. The topological polar surface area (TPSA) is 0 Å². The summed E-state index contributed by atoms with van der Waals surface area (Å²) in [6, 6.07) is 20.5. The Morgan fingerprint density at radius 1 is 0.944 bits per heavy atom. The van der Waals surface area contributed by atoms with Gasteiger partial charge in [-0.05, 0) is 30.2 Å². The fraction of sp³-hybridized carbons (Fsp3) is 0.125. The SMILES string of the molecule is CC(CSc1ccccc1)=C(Cl)c1ccccc1. The molecule has 0 spiro atoms. The largest absolute Gasteiger partial charge is 0.122 e. The lowest BCUT2D eigenvalue weighted by atomic mass is 10.1. The number of hydrogen-bond acceptors (Lipinski definition) is 1. The molecular weight excluding hydrogens is 260 g/mol. The van der Waals surface area contributed by atoms with Crippen molar-refractivity contribution in [3.05, 3.63) is 71.8 Å². The Hall–Kier alpha value is -1.18. The summed E-state index contributed by atoms with van der Waals surface area (Å²) in [4.78, 5) is 1.27. The van der Waals surface area contributed by atoms with Crippen LogP contribution in [0.5, 0.6) is 0 Å². The summed E-state index contributed by atoms with van der Waals surface area (Å²) >= 11 is 8.20. The van der Waals surface area contributed by atoms with Crippen LogP contribution in [0.25, 0.3) is 5.03 Å². The highest BCUT2D eigenvalue weighted by Crippen LogP contribution is 2.27. The molecule has 0 aliphatic carbocycles. The molecule has 18 heavy (non-hydrogen) atoms. The first-order valence-corrected chi connectivity index (χ1v) is 7.22. The van der Waals surface area contributed by atoms with E-state index in [0.717, 1.165) is 16.3 Å². The van der Waals surface area contributed by atoms with E-state index in [4.69, 9.17) is 11.6 Å². The average Bonchev–Trinajstić information content (AvgIpc) is 2.46. The quantitative estimate of drug-likeness (QED) is 0.668. The van der Waals surface area contributed by atoms with Crippen LogP contribution in [0.3, 0.4) is 0 Å². The lowest BCUT2D eigenvalue weighted by Crippen LogP contribution is -1.86. The molecule has 2 aromatic rings. The van der Waals surface area contributed by atoms with E-state index in [9.17, 15) is 0 Å². The maximum absolute atomic E-state index is 6.39. The third kappa shape index (κ3) is 3.66. The number of thioether (sulfide) groups is 1. The fourth-order valence-corrected chi connectivity index (χ4v) is 2.75. The third-order valence-electron chi connectivity index (χ3n) is 2.60. The molecule has 0 saturated carbocycles. The monoisotopic (exact) mass is 274 g/mol. The van der Waals surface area contributed by atoms with Crippen molar-refractivity contribution in [2.24, 2.45) is 0 Å². The van der Waals surface area contributed by atoms with Gasteiger partial charge in [0.25, 0.3) is 0 Å². The van der Waals surface area contributed by atoms with Crippen molar-refractivity contribution in [1.82, 2.24) is 0 Å². The molecule has 0 radical (unpaired) electrons. The number of rotatable bonds is 4. The maximum Gasteiger partial charge on any atom is 0.0476 e. The Morgan fingerprint density at radius 3 is 2.11 bits per heavy atom. The second kappa shape index (κ2) is 6.67. The molecule has 2 rings (SSSR count). The standard InChI is InChI=1S/C16H15ClS/c1-13(12-18-15-10-6-3-7-11-15)16(17)14-8-4-2-5-9-14/h2-11H,12H2,1H3. The number of benzene rings is 2. The minimum absolute atomic E-state index is 0.860. The van der Waals surface area contributed by atoms with Crippen LogP contribution in [-0.2, 0) is 0 Å². The van der Waals surface area contributed by atoms with Crippen molar-refractivity contribution in [2.75, 3.05) is 5.75 Å². The van der Waals surface area contributed by atoms with Gasteiger partial charge in [-0.1, -0.05) is 60.1 Å². The highest BCUT2D eigenvalue weighted by Gasteiger charge is 2.03. The van der Waals surface area contributed by atoms with Gasteiger partial charge in [0.05, 0.1) is 0 Å². The molecule has 0 saturated heterocycles. The van der Waals surface area contributed by atoms with Crippen LogP contribution >= 0.6 is 23.4 Å². The van der Waals surface area contributed by atoms with Crippen molar-refractivity contribution in [3.63, 3.8) is 0 Å². The molecule has 0 bridgehead atoms. The van der Waals surface area contributed by atoms with Crippen LogP contribution in [0.2, 0.25) is 0 Å². The summed E-state index contributed by atoms with van der Waals surface area (Å²) in [6.45, 7) is 2.09. The Balaban J connectivity index is 2.05. The van der Waals surface area contributed by atoms with Crippen LogP contribution in [-0.4, -0.2) is 5.75 Å². The van der Waals surface area contributed by atoms with E-state index in [1.165, 1.54) is 10.5 Å². The molecule has 0 N–H and O–H groups in total. The second-order valence-electron chi connectivity index (χ2n) is 4.06. The molecule has 2 heteroatoms. The smallest absolute Gasteiger partial charge is 0.0476 e. The summed E-state index contributed by atoms with van der Waals surface area (Å²) in [7, 11) is 0. The molecule has 0 unspecified atom stereocenters. The second-order valence-corrected chi connectivity index (χ2v) is 5.49. The lowest BCUT2D eigenvalue weighted by molar-refractivity contribution is 1.40. The van der Waals surface area contributed by atoms with Crippen LogP contribution < -0.4 is 0 Å². The minimum atomic E-state index is 0.860. The average molecular weight is 275 g/mol. The minimum Gasteiger partial charge on any atom is -0.122 e. The van der Waals surface area contributed by atoms with E-state index in [-0.39, 0.29) is 0 Å². The first-order chi connectivity index (χ1) is 8.77. The molecule has 0 atom stereocenters. The predicted molar refractivity (Wildman–Crippen MR) is 82.1 cm³/mol. The van der Waals surface area contributed by atoms with Gasteiger partial charge in [0, 0.05) is 15.7 Å². The Kier molecular flexibility index (Phi) is 4.91. The van der Waals surface area contributed by atoms with Crippen molar-refractivity contribution < 1.29 is 0 Å². The first-order valence-electron chi connectivity index (χ1n) is 5.86. The number of halogens is 1. The maximum atomic E-state index is 6.39.